The van der Waals surface area contributed by atoms with E-state index >= 15 is 0 Å². The number of nitrogens with one attached hydrogen (secondary N) is 2. The molecule has 1 atom stereocenters. The molecule has 0 saturated carbocycles. The summed E-state index contributed by atoms with van der Waals surface area (Å²) in [7, 11) is 0. The number of fused-ring (bicyclic) bond motifs is 1. The van der Waals surface area contributed by atoms with E-state index < -0.39 is 0 Å². The third-order valence-electron chi connectivity index (χ3n) is 5.20. The normalized spacial score (nSPS) is 18.0. The Balaban J connectivity index is 1.53. The van der Waals surface area contributed by atoms with Gasteiger partial charge in [0.15, 0.2) is 5.96 Å². The van der Waals surface area contributed by atoms with Crippen molar-refractivity contribution in [3.8, 4) is 0 Å². The van der Waals surface area contributed by atoms with Gasteiger partial charge < -0.3 is 20.4 Å². The van der Waals surface area contributed by atoms with Crippen LogP contribution in [0.15, 0.2) is 29.3 Å². The van der Waals surface area contributed by atoms with E-state index in [1.807, 2.05) is 11.8 Å². The maximum atomic E-state index is 12.2. The van der Waals surface area contributed by atoms with Gasteiger partial charge in [0.25, 0.3) is 0 Å². The molecule has 0 spiro atoms. The Hall–Kier alpha value is -2.24. The van der Waals surface area contributed by atoms with Crippen LogP contribution in [0, 0.1) is 0 Å². The predicted molar refractivity (Wildman–Crippen MR) is 107 cm³/mol. The molecule has 6 heteroatoms. The van der Waals surface area contributed by atoms with Gasteiger partial charge in [-0.2, -0.15) is 0 Å². The minimum absolute atomic E-state index is 0.126. The van der Waals surface area contributed by atoms with Gasteiger partial charge in [-0.15, -0.1) is 0 Å². The number of hydrogen-bond donors (Lipinski definition) is 2. The number of amides is 1. The molecule has 2 N–H and O–H groups in total. The Morgan fingerprint density at radius 1 is 1.19 bits per heavy atom. The summed E-state index contributed by atoms with van der Waals surface area (Å²) in [4.78, 5) is 21.0. The molecule has 26 heavy (non-hydrogen) atoms. The molecule has 0 aliphatic carbocycles. The molecule has 1 aromatic rings. The zero-order valence-electron chi connectivity index (χ0n) is 16.0. The largest absolute Gasteiger partial charge is 0.366 e. The van der Waals surface area contributed by atoms with Crippen LogP contribution in [0.25, 0.3) is 0 Å². The topological polar surface area (TPSA) is 60.0 Å². The first-order valence-electron chi connectivity index (χ1n) is 9.83. The van der Waals surface area contributed by atoms with Crippen LogP contribution in [-0.2, 0) is 11.2 Å². The number of anilines is 1. The van der Waals surface area contributed by atoms with E-state index in [-0.39, 0.29) is 12.5 Å². The Kier molecular flexibility index (Phi) is 6.36. The minimum Gasteiger partial charge on any atom is -0.366 e. The Morgan fingerprint density at radius 2 is 1.96 bits per heavy atom. The monoisotopic (exact) mass is 357 g/mol. The van der Waals surface area contributed by atoms with Gasteiger partial charge in [-0.1, -0.05) is 18.2 Å². The lowest BCUT2D eigenvalue weighted by molar-refractivity contribution is -0.128. The van der Waals surface area contributed by atoms with E-state index in [1.54, 1.807) is 0 Å². The number of hydrogen-bond acceptors (Lipinski definition) is 3. The molecule has 2 heterocycles. The second-order valence-electron chi connectivity index (χ2n) is 7.09. The van der Waals surface area contributed by atoms with Crippen LogP contribution in [-0.4, -0.2) is 62.1 Å². The van der Waals surface area contributed by atoms with Crippen LogP contribution in [0.1, 0.15) is 32.3 Å². The lowest BCUT2D eigenvalue weighted by Gasteiger charge is -2.28. The summed E-state index contributed by atoms with van der Waals surface area (Å²) in [5, 5.41) is 6.64. The third kappa shape index (κ3) is 4.48. The molecule has 2 aliphatic rings. The average Bonchev–Trinajstić information content (AvgIpc) is 3.33. The van der Waals surface area contributed by atoms with Crippen molar-refractivity contribution in [1.82, 2.24) is 15.5 Å². The van der Waals surface area contributed by atoms with Crippen molar-refractivity contribution < 1.29 is 4.79 Å². The molecule has 142 valence electrons. The molecule has 2 aliphatic heterocycles. The van der Waals surface area contributed by atoms with E-state index in [1.165, 1.54) is 11.3 Å². The molecule has 1 amide bonds. The van der Waals surface area contributed by atoms with Crippen LogP contribution < -0.4 is 15.5 Å². The zero-order valence-corrected chi connectivity index (χ0v) is 16.0. The standard InChI is InChI=1S/C20H31N5O/c1-3-21-20(23-15-19(26)24-11-6-7-12-24)22-14-16(2)25-13-10-17-8-4-5-9-18(17)25/h4-5,8-9,16H,3,6-7,10-15H2,1-2H3,(H2,21,22,23). The van der Waals surface area contributed by atoms with Crippen LogP contribution in [0.3, 0.4) is 0 Å². The second kappa shape index (κ2) is 8.92. The lowest BCUT2D eigenvalue weighted by Crippen LogP contribution is -2.46. The Morgan fingerprint density at radius 3 is 2.73 bits per heavy atom. The van der Waals surface area contributed by atoms with Crippen LogP contribution >= 0.6 is 0 Å². The first-order chi connectivity index (χ1) is 12.7. The van der Waals surface area contributed by atoms with Crippen molar-refractivity contribution in [2.24, 2.45) is 4.99 Å². The highest BCUT2D eigenvalue weighted by Crippen LogP contribution is 2.28. The Labute approximate surface area is 156 Å². The lowest BCUT2D eigenvalue weighted by atomic mass is 10.2. The fourth-order valence-electron chi connectivity index (χ4n) is 3.73. The summed E-state index contributed by atoms with van der Waals surface area (Å²) in [5.74, 6) is 0.848. The Bertz CT molecular complexity index is 639. The van der Waals surface area contributed by atoms with Crippen LogP contribution in [0.4, 0.5) is 5.69 Å². The number of carbonyl (C=O) groups excluding carboxylic acids is 1. The van der Waals surface area contributed by atoms with Crippen molar-refractivity contribution in [2.45, 2.75) is 39.2 Å². The smallest absolute Gasteiger partial charge is 0.244 e. The van der Waals surface area contributed by atoms with Crippen LogP contribution in [0.2, 0.25) is 0 Å². The SMILES string of the molecule is CCNC(=NCC(=O)N1CCCC1)NCC(C)N1CCc2ccccc21. The molecule has 1 aromatic carbocycles. The van der Waals surface area contributed by atoms with Gasteiger partial charge in [0, 0.05) is 44.5 Å². The highest BCUT2D eigenvalue weighted by atomic mass is 16.2. The molecule has 1 saturated heterocycles. The molecule has 0 bridgehead atoms. The summed E-state index contributed by atoms with van der Waals surface area (Å²) in [6.07, 6.45) is 3.34. The van der Waals surface area contributed by atoms with Gasteiger partial charge >= 0.3 is 0 Å². The highest BCUT2D eigenvalue weighted by Gasteiger charge is 2.23. The molecular weight excluding hydrogens is 326 g/mol. The fourth-order valence-corrected chi connectivity index (χ4v) is 3.73. The number of para-hydroxylation sites is 1. The van der Waals surface area contributed by atoms with E-state index in [4.69, 9.17) is 0 Å². The van der Waals surface area contributed by atoms with E-state index in [0.29, 0.717) is 6.04 Å². The number of likely N-dealkylation sites (tertiary alicyclic amines) is 1. The highest BCUT2D eigenvalue weighted by molar-refractivity contribution is 5.85. The first kappa shape index (κ1) is 18.5. The van der Waals surface area contributed by atoms with Crippen LogP contribution in [0.5, 0.6) is 0 Å². The quantitative estimate of drug-likeness (QED) is 0.600. The molecular formula is C20H31N5O. The first-order valence-corrected chi connectivity index (χ1v) is 9.83. The molecule has 3 rings (SSSR count). The zero-order chi connectivity index (χ0) is 18.4. The number of guanidine groups is 1. The molecule has 0 radical (unpaired) electrons. The summed E-state index contributed by atoms with van der Waals surface area (Å²) >= 11 is 0. The fraction of sp³-hybridized carbons (Fsp3) is 0.600. The van der Waals surface area contributed by atoms with Gasteiger partial charge in [-0.05, 0) is 44.7 Å². The average molecular weight is 358 g/mol. The van der Waals surface area contributed by atoms with Gasteiger partial charge in [-0.3, -0.25) is 4.79 Å². The van der Waals surface area contributed by atoms with Crippen molar-refractivity contribution in [3.05, 3.63) is 29.8 Å². The maximum Gasteiger partial charge on any atom is 0.244 e. The minimum atomic E-state index is 0.126. The number of rotatable bonds is 6. The van der Waals surface area contributed by atoms with Gasteiger partial charge in [0.1, 0.15) is 6.54 Å². The van der Waals surface area contributed by atoms with Gasteiger partial charge in [0.2, 0.25) is 5.91 Å². The summed E-state index contributed by atoms with van der Waals surface area (Å²) in [6, 6.07) is 8.99. The summed E-state index contributed by atoms with van der Waals surface area (Å²) in [5.41, 5.74) is 2.77. The van der Waals surface area contributed by atoms with Gasteiger partial charge in [-0.25, -0.2) is 4.99 Å². The van der Waals surface area contributed by atoms with Gasteiger partial charge in [0.05, 0.1) is 0 Å². The summed E-state index contributed by atoms with van der Waals surface area (Å²) < 4.78 is 0. The molecule has 6 nitrogen and oxygen atoms in total. The van der Waals surface area contributed by atoms with E-state index in [2.05, 4.69) is 51.7 Å². The van der Waals surface area contributed by atoms with Crippen molar-refractivity contribution in [2.75, 3.05) is 44.2 Å². The van der Waals surface area contributed by atoms with E-state index in [0.717, 1.165) is 57.9 Å². The second-order valence-corrected chi connectivity index (χ2v) is 7.09. The molecule has 1 unspecified atom stereocenters. The van der Waals surface area contributed by atoms with Crippen molar-refractivity contribution in [3.63, 3.8) is 0 Å². The number of nitrogens with zero attached hydrogens (tertiary/aromatic N) is 3. The van der Waals surface area contributed by atoms with Crippen molar-refractivity contribution >= 4 is 17.6 Å². The van der Waals surface area contributed by atoms with Crippen molar-refractivity contribution in [1.29, 1.82) is 0 Å². The third-order valence-corrected chi connectivity index (χ3v) is 5.20. The predicted octanol–water partition coefficient (Wildman–Crippen LogP) is 1.62. The summed E-state index contributed by atoms with van der Waals surface area (Å²) in [6.45, 7) is 8.88. The number of benzene rings is 1. The maximum absolute atomic E-state index is 12.2. The number of carbonyl (C=O) groups is 1. The molecule has 0 aromatic heterocycles. The molecule has 1 fully saturated rings. The van der Waals surface area contributed by atoms with E-state index in [9.17, 15) is 4.79 Å². The number of aliphatic imine (C=N–C) groups is 1.